The lowest BCUT2D eigenvalue weighted by atomic mass is 10.2. The fraction of sp³-hybridized carbons (Fsp3) is 0.333. The molecule has 20 heavy (non-hydrogen) atoms. The highest BCUT2D eigenvalue weighted by Gasteiger charge is 2.20. The Balaban J connectivity index is 2.34. The van der Waals surface area contributed by atoms with Crippen LogP contribution in [-0.2, 0) is 17.7 Å². The molecule has 106 valence electrons. The van der Waals surface area contributed by atoms with Crippen LogP contribution in [0.5, 0.6) is 0 Å². The molecule has 0 aliphatic heterocycles. The molecule has 0 aliphatic carbocycles. The molecular formula is C12H14ClN5O2. The third kappa shape index (κ3) is 2.94. The smallest absolute Gasteiger partial charge is 0.360 e. The maximum atomic E-state index is 11.6. The van der Waals surface area contributed by atoms with E-state index in [-0.39, 0.29) is 5.69 Å². The van der Waals surface area contributed by atoms with Gasteiger partial charge in [0.2, 0.25) is 0 Å². The van der Waals surface area contributed by atoms with Crippen LogP contribution in [0.3, 0.4) is 0 Å². The number of aromatic nitrogens is 4. The van der Waals surface area contributed by atoms with Crippen LogP contribution >= 0.6 is 11.6 Å². The molecule has 2 rings (SSSR count). The fourth-order valence-electron chi connectivity index (χ4n) is 1.79. The van der Waals surface area contributed by atoms with Gasteiger partial charge in [0.1, 0.15) is 0 Å². The maximum absolute atomic E-state index is 11.6. The molecule has 0 aromatic carbocycles. The molecule has 0 aliphatic rings. The first-order valence-corrected chi connectivity index (χ1v) is 6.34. The summed E-state index contributed by atoms with van der Waals surface area (Å²) < 4.78 is 6.28. The van der Waals surface area contributed by atoms with Gasteiger partial charge in [0.25, 0.3) is 0 Å². The van der Waals surface area contributed by atoms with Crippen LogP contribution in [0.1, 0.15) is 21.7 Å². The minimum Gasteiger partial charge on any atom is -0.464 e. The molecule has 0 saturated heterocycles. The quantitative estimate of drug-likeness (QED) is 0.814. The summed E-state index contributed by atoms with van der Waals surface area (Å²) in [5, 5.41) is 8.36. The minimum atomic E-state index is -0.527. The van der Waals surface area contributed by atoms with Crippen molar-refractivity contribution in [1.82, 2.24) is 20.0 Å². The van der Waals surface area contributed by atoms with E-state index in [1.165, 1.54) is 7.11 Å². The number of halogens is 1. The van der Waals surface area contributed by atoms with Gasteiger partial charge in [-0.3, -0.25) is 4.98 Å². The van der Waals surface area contributed by atoms with Gasteiger partial charge in [0.15, 0.2) is 5.69 Å². The van der Waals surface area contributed by atoms with Gasteiger partial charge in [-0.05, 0) is 18.2 Å². The number of nitrogens with two attached hydrogens (primary N) is 1. The average Bonchev–Trinajstić information content (AvgIpc) is 2.84. The van der Waals surface area contributed by atoms with Crippen molar-refractivity contribution in [1.29, 1.82) is 0 Å². The van der Waals surface area contributed by atoms with Crippen molar-refractivity contribution in [2.75, 3.05) is 13.7 Å². The van der Waals surface area contributed by atoms with Crippen LogP contribution in [0.4, 0.5) is 0 Å². The first-order chi connectivity index (χ1) is 9.67. The van der Waals surface area contributed by atoms with E-state index in [1.54, 1.807) is 23.1 Å². The molecule has 0 amide bonds. The first-order valence-electron chi connectivity index (χ1n) is 5.96. The zero-order valence-corrected chi connectivity index (χ0v) is 11.7. The van der Waals surface area contributed by atoms with Crippen LogP contribution in [-0.4, -0.2) is 39.6 Å². The zero-order chi connectivity index (χ0) is 14.5. The van der Waals surface area contributed by atoms with Crippen LogP contribution in [0.2, 0.25) is 5.02 Å². The molecule has 0 spiro atoms. The number of methoxy groups -OCH3 is 1. The predicted octanol–water partition coefficient (Wildman–Crippen LogP) is 0.663. The number of pyridine rings is 1. The molecule has 0 fully saturated rings. The number of hydrogen-bond acceptors (Lipinski definition) is 6. The largest absolute Gasteiger partial charge is 0.464 e. The Morgan fingerprint density at radius 2 is 2.35 bits per heavy atom. The lowest BCUT2D eigenvalue weighted by Gasteiger charge is -2.07. The topological polar surface area (TPSA) is 95.9 Å². The van der Waals surface area contributed by atoms with E-state index in [9.17, 15) is 4.79 Å². The highest BCUT2D eigenvalue weighted by atomic mass is 35.5. The summed E-state index contributed by atoms with van der Waals surface area (Å²) >= 11 is 6.06. The van der Waals surface area contributed by atoms with Gasteiger partial charge in [-0.1, -0.05) is 16.8 Å². The number of esters is 1. The minimum absolute atomic E-state index is 0.183. The summed E-state index contributed by atoms with van der Waals surface area (Å²) in [4.78, 5) is 15.5. The second kappa shape index (κ2) is 6.44. The second-order valence-electron chi connectivity index (χ2n) is 4.04. The predicted molar refractivity (Wildman–Crippen MR) is 72.5 cm³/mol. The lowest BCUT2D eigenvalue weighted by Crippen LogP contribution is -2.15. The van der Waals surface area contributed by atoms with E-state index in [0.717, 1.165) is 5.56 Å². The lowest BCUT2D eigenvalue weighted by molar-refractivity contribution is 0.0592. The van der Waals surface area contributed by atoms with Gasteiger partial charge in [0.05, 0.1) is 24.4 Å². The number of carbonyl (C=O) groups is 1. The van der Waals surface area contributed by atoms with Crippen molar-refractivity contribution >= 4 is 17.6 Å². The van der Waals surface area contributed by atoms with E-state index < -0.39 is 5.97 Å². The summed E-state index contributed by atoms with van der Waals surface area (Å²) in [6.07, 6.45) is 3.67. The van der Waals surface area contributed by atoms with Gasteiger partial charge in [-0.25, -0.2) is 9.48 Å². The maximum Gasteiger partial charge on any atom is 0.360 e. The van der Waals surface area contributed by atoms with Crippen molar-refractivity contribution in [3.05, 3.63) is 40.4 Å². The Bertz CT molecular complexity index is 614. The Kier molecular flexibility index (Phi) is 4.65. The van der Waals surface area contributed by atoms with Gasteiger partial charge in [-0.2, -0.15) is 0 Å². The molecule has 0 atom stereocenters. The van der Waals surface area contributed by atoms with Crippen molar-refractivity contribution in [2.24, 2.45) is 5.73 Å². The molecule has 0 radical (unpaired) electrons. The molecule has 7 nitrogen and oxygen atoms in total. The summed E-state index contributed by atoms with van der Waals surface area (Å²) in [6, 6.07) is 1.79. The van der Waals surface area contributed by atoms with Crippen molar-refractivity contribution in [3.63, 3.8) is 0 Å². The standard InChI is InChI=1S/C12H14ClN5O2/c1-20-12(19)11-10(2-4-14)18(17-16-11)7-8-3-5-15-6-9(8)13/h3,5-6H,2,4,7,14H2,1H3. The number of nitrogens with zero attached hydrogens (tertiary/aromatic N) is 4. The normalized spacial score (nSPS) is 10.6. The number of rotatable bonds is 5. The van der Waals surface area contributed by atoms with Crippen molar-refractivity contribution in [2.45, 2.75) is 13.0 Å². The molecule has 2 N–H and O–H groups in total. The fourth-order valence-corrected chi connectivity index (χ4v) is 1.97. The molecule has 0 saturated carbocycles. The van der Waals surface area contributed by atoms with E-state index in [2.05, 4.69) is 20.0 Å². The zero-order valence-electron chi connectivity index (χ0n) is 10.9. The van der Waals surface area contributed by atoms with Crippen LogP contribution in [0.25, 0.3) is 0 Å². The Labute approximate surface area is 120 Å². The number of hydrogen-bond donors (Lipinski definition) is 1. The summed E-state index contributed by atoms with van der Waals surface area (Å²) in [6.45, 7) is 0.766. The van der Waals surface area contributed by atoms with Gasteiger partial charge >= 0.3 is 5.97 Å². The summed E-state index contributed by atoms with van der Waals surface area (Å²) in [5.74, 6) is -0.527. The number of ether oxygens (including phenoxy) is 1. The molecule has 2 heterocycles. The monoisotopic (exact) mass is 295 g/mol. The third-order valence-corrected chi connectivity index (χ3v) is 3.11. The van der Waals surface area contributed by atoms with Gasteiger partial charge in [-0.15, -0.1) is 5.10 Å². The molecule has 0 unspecified atom stereocenters. The Morgan fingerprint density at radius 3 is 3.00 bits per heavy atom. The SMILES string of the molecule is COC(=O)c1nnn(Cc2ccncc2Cl)c1CCN. The Morgan fingerprint density at radius 1 is 1.55 bits per heavy atom. The molecule has 2 aromatic heterocycles. The average molecular weight is 296 g/mol. The first kappa shape index (κ1) is 14.4. The molecule has 0 bridgehead atoms. The summed E-state index contributed by atoms with van der Waals surface area (Å²) in [7, 11) is 1.30. The molecule has 8 heteroatoms. The summed E-state index contributed by atoms with van der Waals surface area (Å²) in [5.41, 5.74) is 7.21. The van der Waals surface area contributed by atoms with E-state index in [4.69, 9.17) is 17.3 Å². The highest BCUT2D eigenvalue weighted by molar-refractivity contribution is 6.31. The third-order valence-electron chi connectivity index (χ3n) is 2.77. The van der Waals surface area contributed by atoms with Crippen LogP contribution in [0, 0.1) is 0 Å². The van der Waals surface area contributed by atoms with Crippen molar-refractivity contribution < 1.29 is 9.53 Å². The van der Waals surface area contributed by atoms with Crippen LogP contribution in [0.15, 0.2) is 18.5 Å². The molecular weight excluding hydrogens is 282 g/mol. The second-order valence-corrected chi connectivity index (χ2v) is 4.45. The molecule has 2 aromatic rings. The van der Waals surface area contributed by atoms with Gasteiger partial charge in [0, 0.05) is 18.8 Å². The highest BCUT2D eigenvalue weighted by Crippen LogP contribution is 2.16. The van der Waals surface area contributed by atoms with Gasteiger partial charge < -0.3 is 10.5 Å². The van der Waals surface area contributed by atoms with Crippen molar-refractivity contribution in [3.8, 4) is 0 Å². The Hall–Kier alpha value is -1.99. The van der Waals surface area contributed by atoms with E-state index >= 15 is 0 Å². The van der Waals surface area contributed by atoms with Crippen LogP contribution < -0.4 is 5.73 Å². The number of carbonyl (C=O) groups excluding carboxylic acids is 1. The van der Waals surface area contributed by atoms with E-state index in [0.29, 0.717) is 30.2 Å². The van der Waals surface area contributed by atoms with E-state index in [1.807, 2.05) is 0 Å².